The quantitative estimate of drug-likeness (QED) is 0.527. The van der Waals surface area contributed by atoms with E-state index in [0.717, 1.165) is 0 Å². The first-order valence-electron chi connectivity index (χ1n) is 11.0. The number of carbonyl (C=O) groups is 1. The van der Waals surface area contributed by atoms with E-state index in [-0.39, 0.29) is 36.3 Å². The predicted octanol–water partition coefficient (Wildman–Crippen LogP) is 4.28. The molecule has 0 saturated carbocycles. The number of rotatable bonds is 0. The van der Waals surface area contributed by atoms with Crippen molar-refractivity contribution in [1.82, 2.24) is 14.9 Å². The van der Waals surface area contributed by atoms with Gasteiger partial charge in [0.1, 0.15) is 18.0 Å². The monoisotopic (exact) mass is 473 g/mol. The minimum absolute atomic E-state index is 0.185. The molecule has 3 aliphatic rings. The van der Waals surface area contributed by atoms with Gasteiger partial charge in [0, 0.05) is 11.1 Å². The third-order valence-corrected chi connectivity index (χ3v) is 7.11. The fourth-order valence-electron chi connectivity index (χ4n) is 5.31. The van der Waals surface area contributed by atoms with Crippen molar-refractivity contribution in [3.05, 3.63) is 22.2 Å². The first kappa shape index (κ1) is 22.0. The minimum Gasteiger partial charge on any atom is -0.475 e. The SMILES string of the molecule is Cc1nc2c3c(nc(Cl)c(F)c3c1C)OC[C@@H]1[C@@H]3CC[C@](C#N)(CN21)N3C(=O)OC(C)(C)C. The Morgan fingerprint density at radius 1 is 1.30 bits per heavy atom. The van der Waals surface area contributed by atoms with Gasteiger partial charge in [-0.3, -0.25) is 4.90 Å². The molecule has 0 aliphatic carbocycles. The van der Waals surface area contributed by atoms with E-state index in [1.165, 1.54) is 0 Å². The summed E-state index contributed by atoms with van der Waals surface area (Å²) in [6.45, 7) is 9.39. The number of pyridine rings is 2. The standard InChI is InChI=1S/C23H25ClFN5O3/c1-11-12(2)27-19-16-15(11)17(25)18(24)28-20(16)32-8-14-13-6-7-23(9-26,10-29(14)19)30(13)21(31)33-22(3,4)5/h13-14H,6-8,10H2,1-5H3/t13-,14+,23-/m0/s1. The van der Waals surface area contributed by atoms with E-state index >= 15 is 4.39 Å². The van der Waals surface area contributed by atoms with Crippen molar-refractivity contribution in [2.24, 2.45) is 0 Å². The van der Waals surface area contributed by atoms with Crippen molar-refractivity contribution in [2.45, 2.75) is 70.7 Å². The van der Waals surface area contributed by atoms with Crippen LogP contribution < -0.4 is 9.64 Å². The summed E-state index contributed by atoms with van der Waals surface area (Å²) >= 11 is 6.10. The van der Waals surface area contributed by atoms with Gasteiger partial charge < -0.3 is 14.4 Å². The van der Waals surface area contributed by atoms with Gasteiger partial charge in [-0.25, -0.2) is 14.2 Å². The van der Waals surface area contributed by atoms with E-state index in [2.05, 4.69) is 11.1 Å². The molecule has 10 heteroatoms. The summed E-state index contributed by atoms with van der Waals surface area (Å²) in [5.41, 5.74) is -0.470. The predicted molar refractivity (Wildman–Crippen MR) is 120 cm³/mol. The molecule has 1 amide bonds. The highest BCUT2D eigenvalue weighted by Crippen LogP contribution is 2.48. The zero-order valence-corrected chi connectivity index (χ0v) is 20.0. The molecule has 174 valence electrons. The number of hydrogen-bond acceptors (Lipinski definition) is 7. The normalized spacial score (nSPS) is 25.9. The van der Waals surface area contributed by atoms with Crippen molar-refractivity contribution in [3.8, 4) is 11.9 Å². The highest BCUT2D eigenvalue weighted by Gasteiger charge is 2.60. The Balaban J connectivity index is 1.68. The second-order valence-corrected chi connectivity index (χ2v) is 10.4. The molecule has 2 saturated heterocycles. The fourth-order valence-corrected chi connectivity index (χ4v) is 5.48. The smallest absolute Gasteiger partial charge is 0.411 e. The fraction of sp³-hybridized carbons (Fsp3) is 0.565. The molecule has 2 bridgehead atoms. The summed E-state index contributed by atoms with van der Waals surface area (Å²) in [5, 5.41) is 10.8. The topological polar surface area (TPSA) is 91.6 Å². The first-order chi connectivity index (χ1) is 15.5. The van der Waals surface area contributed by atoms with Crippen molar-refractivity contribution in [3.63, 3.8) is 0 Å². The van der Waals surface area contributed by atoms with Gasteiger partial charge in [-0.2, -0.15) is 10.2 Å². The van der Waals surface area contributed by atoms with Crippen LogP contribution in [0.4, 0.5) is 15.0 Å². The molecule has 5 heterocycles. The highest BCUT2D eigenvalue weighted by atomic mass is 35.5. The summed E-state index contributed by atoms with van der Waals surface area (Å²) in [4.78, 5) is 25.7. The van der Waals surface area contributed by atoms with E-state index in [0.29, 0.717) is 40.7 Å². The van der Waals surface area contributed by atoms with Gasteiger partial charge >= 0.3 is 6.09 Å². The molecular weight excluding hydrogens is 449 g/mol. The molecule has 3 atom stereocenters. The van der Waals surface area contributed by atoms with E-state index in [4.69, 9.17) is 26.1 Å². The van der Waals surface area contributed by atoms with Crippen LogP contribution in [0.1, 0.15) is 44.9 Å². The number of nitriles is 1. The molecule has 0 aromatic carbocycles. The third-order valence-electron chi connectivity index (χ3n) is 6.86. The Morgan fingerprint density at radius 3 is 2.70 bits per heavy atom. The first-order valence-corrected chi connectivity index (χ1v) is 11.3. The number of ether oxygens (including phenoxy) is 2. The number of anilines is 1. The van der Waals surface area contributed by atoms with E-state index in [1.54, 1.807) is 32.6 Å². The van der Waals surface area contributed by atoms with E-state index in [9.17, 15) is 10.1 Å². The number of hydrogen-bond donors (Lipinski definition) is 0. The largest absolute Gasteiger partial charge is 0.475 e. The van der Waals surface area contributed by atoms with Gasteiger partial charge in [0.05, 0.1) is 30.1 Å². The molecular formula is C23H25ClFN5O3. The molecule has 2 aromatic rings. The molecule has 8 nitrogen and oxygen atoms in total. The van der Waals surface area contributed by atoms with Gasteiger partial charge in [-0.1, -0.05) is 11.6 Å². The maximum absolute atomic E-state index is 15.1. The van der Waals surface area contributed by atoms with Crippen molar-refractivity contribution >= 4 is 34.3 Å². The Hall–Kier alpha value is -2.86. The molecule has 2 aromatic heterocycles. The molecule has 3 aliphatic heterocycles. The molecule has 0 spiro atoms. The van der Waals surface area contributed by atoms with Crippen LogP contribution >= 0.6 is 11.6 Å². The van der Waals surface area contributed by atoms with Crippen LogP contribution in [0.25, 0.3) is 10.8 Å². The number of carbonyl (C=O) groups excluding carboxylic acids is 1. The lowest BCUT2D eigenvalue weighted by Gasteiger charge is -2.49. The number of nitrogens with zero attached hydrogens (tertiary/aromatic N) is 5. The van der Waals surface area contributed by atoms with Gasteiger partial charge in [0.25, 0.3) is 0 Å². The average Bonchev–Trinajstić information content (AvgIpc) is 2.94. The van der Waals surface area contributed by atoms with Gasteiger partial charge in [0.2, 0.25) is 5.88 Å². The summed E-state index contributed by atoms with van der Waals surface area (Å²) in [6.07, 6.45) is 0.608. The number of piperazine rings is 1. The summed E-state index contributed by atoms with van der Waals surface area (Å²) < 4.78 is 26.9. The Bertz CT molecular complexity index is 1230. The second kappa shape index (κ2) is 7.07. The summed E-state index contributed by atoms with van der Waals surface area (Å²) in [6, 6.07) is 1.74. The van der Waals surface area contributed by atoms with Gasteiger partial charge in [-0.15, -0.1) is 0 Å². The van der Waals surface area contributed by atoms with Crippen LogP contribution in [0.3, 0.4) is 0 Å². The van der Waals surface area contributed by atoms with Gasteiger partial charge in [0.15, 0.2) is 16.5 Å². The third kappa shape index (κ3) is 3.11. The lowest BCUT2D eigenvalue weighted by molar-refractivity contribution is -0.00468. The molecule has 5 rings (SSSR count). The molecule has 2 fully saturated rings. The minimum atomic E-state index is -1.08. The van der Waals surface area contributed by atoms with Crippen molar-refractivity contribution < 1.29 is 18.7 Å². The lowest BCUT2D eigenvalue weighted by Crippen LogP contribution is -2.68. The molecule has 0 radical (unpaired) electrons. The van der Waals surface area contributed by atoms with Crippen molar-refractivity contribution in [2.75, 3.05) is 18.1 Å². The Morgan fingerprint density at radius 2 is 2.03 bits per heavy atom. The van der Waals surface area contributed by atoms with Gasteiger partial charge in [-0.05, 0) is 53.0 Å². The highest BCUT2D eigenvalue weighted by molar-refractivity contribution is 6.30. The van der Waals surface area contributed by atoms with Crippen molar-refractivity contribution in [1.29, 1.82) is 5.26 Å². The van der Waals surface area contributed by atoms with Crippen LogP contribution in [0.15, 0.2) is 0 Å². The second-order valence-electron chi connectivity index (χ2n) is 10.0. The number of amides is 1. The number of aryl methyl sites for hydroxylation is 2. The van der Waals surface area contributed by atoms with Crippen LogP contribution in [0.2, 0.25) is 5.15 Å². The lowest BCUT2D eigenvalue weighted by atomic mass is 9.94. The van der Waals surface area contributed by atoms with Crippen LogP contribution in [0, 0.1) is 31.0 Å². The number of halogens is 2. The summed E-state index contributed by atoms with van der Waals surface area (Å²) in [5.74, 6) is 0.0956. The average molecular weight is 474 g/mol. The Kier molecular flexibility index (Phi) is 4.70. The maximum atomic E-state index is 15.1. The van der Waals surface area contributed by atoms with Crippen LogP contribution in [-0.2, 0) is 4.74 Å². The zero-order chi connectivity index (χ0) is 23.9. The summed E-state index contributed by atoms with van der Waals surface area (Å²) in [7, 11) is 0. The number of aromatic nitrogens is 2. The molecule has 0 unspecified atom stereocenters. The zero-order valence-electron chi connectivity index (χ0n) is 19.2. The Labute approximate surface area is 196 Å². The molecule has 33 heavy (non-hydrogen) atoms. The van der Waals surface area contributed by atoms with Crippen LogP contribution in [0.5, 0.6) is 5.88 Å². The maximum Gasteiger partial charge on any atom is 0.411 e. The van der Waals surface area contributed by atoms with E-state index < -0.39 is 23.1 Å². The van der Waals surface area contributed by atoms with E-state index in [1.807, 2.05) is 11.8 Å². The van der Waals surface area contributed by atoms with Crippen LogP contribution in [-0.4, -0.2) is 57.3 Å². The molecule has 0 N–H and O–H groups in total. The number of fused-ring (bicyclic) bond motifs is 5.